The Labute approximate surface area is 106 Å². The van der Waals surface area contributed by atoms with Crippen LogP contribution >= 0.6 is 0 Å². The summed E-state index contributed by atoms with van der Waals surface area (Å²) in [4.78, 5) is 27.8. The van der Waals surface area contributed by atoms with E-state index in [-0.39, 0.29) is 17.5 Å². The van der Waals surface area contributed by atoms with Crippen LogP contribution in [0.3, 0.4) is 0 Å². The van der Waals surface area contributed by atoms with Gasteiger partial charge in [0.05, 0.1) is 0 Å². The highest BCUT2D eigenvalue weighted by Crippen LogP contribution is 2.20. The number of pyridine rings is 1. The fraction of sp³-hybridized carbons (Fsp3) is 0.538. The van der Waals surface area contributed by atoms with Gasteiger partial charge in [-0.05, 0) is 31.7 Å². The van der Waals surface area contributed by atoms with Crippen LogP contribution in [-0.4, -0.2) is 34.9 Å². The second-order valence-electron chi connectivity index (χ2n) is 4.95. The number of nitrogens with two attached hydrogens (primary N) is 1. The van der Waals surface area contributed by atoms with Gasteiger partial charge in [0.25, 0.3) is 5.91 Å². The Kier molecular flexibility index (Phi) is 3.81. The van der Waals surface area contributed by atoms with E-state index >= 15 is 0 Å². The highest BCUT2D eigenvalue weighted by molar-refractivity contribution is 5.94. The Morgan fingerprint density at radius 2 is 2.39 bits per heavy atom. The number of aromatic nitrogens is 1. The van der Waals surface area contributed by atoms with Crippen molar-refractivity contribution in [3.8, 4) is 0 Å². The van der Waals surface area contributed by atoms with Crippen LogP contribution < -0.4 is 11.3 Å². The first-order valence-electron chi connectivity index (χ1n) is 6.31. The molecule has 1 saturated heterocycles. The predicted octanol–water partition coefficient (Wildman–Crippen LogP) is 0.574. The molecule has 18 heavy (non-hydrogen) atoms. The van der Waals surface area contributed by atoms with Gasteiger partial charge in [0, 0.05) is 37.0 Å². The summed E-state index contributed by atoms with van der Waals surface area (Å²) < 4.78 is 0. The molecule has 2 heterocycles. The molecule has 2 unspecified atom stereocenters. The van der Waals surface area contributed by atoms with Gasteiger partial charge in [-0.1, -0.05) is 0 Å². The number of rotatable bonds is 2. The quantitative estimate of drug-likeness (QED) is 0.804. The summed E-state index contributed by atoms with van der Waals surface area (Å²) in [5.41, 5.74) is 6.10. The molecule has 0 saturated carbocycles. The maximum atomic E-state index is 12.3. The van der Waals surface area contributed by atoms with E-state index in [2.05, 4.69) is 4.98 Å². The van der Waals surface area contributed by atoms with Gasteiger partial charge in [0.1, 0.15) is 0 Å². The zero-order valence-corrected chi connectivity index (χ0v) is 10.6. The van der Waals surface area contributed by atoms with Crippen molar-refractivity contribution in [2.75, 3.05) is 13.1 Å². The van der Waals surface area contributed by atoms with E-state index in [1.54, 1.807) is 11.0 Å². The summed E-state index contributed by atoms with van der Waals surface area (Å²) in [7, 11) is 0. The Morgan fingerprint density at radius 1 is 1.61 bits per heavy atom. The van der Waals surface area contributed by atoms with Crippen molar-refractivity contribution in [3.05, 3.63) is 34.2 Å². The molecule has 2 rings (SSSR count). The highest BCUT2D eigenvalue weighted by atomic mass is 16.2. The molecule has 1 aromatic heterocycles. The molecule has 0 spiro atoms. The second kappa shape index (κ2) is 5.35. The lowest BCUT2D eigenvalue weighted by Crippen LogP contribution is -2.45. The van der Waals surface area contributed by atoms with E-state index < -0.39 is 0 Å². The van der Waals surface area contributed by atoms with Gasteiger partial charge < -0.3 is 15.6 Å². The van der Waals surface area contributed by atoms with Crippen LogP contribution in [-0.2, 0) is 0 Å². The fourth-order valence-corrected chi connectivity index (χ4v) is 2.38. The van der Waals surface area contributed by atoms with E-state index in [0.29, 0.717) is 18.0 Å². The Balaban J connectivity index is 2.11. The van der Waals surface area contributed by atoms with Crippen molar-refractivity contribution >= 4 is 5.91 Å². The number of nitrogens with one attached hydrogen (secondary N) is 1. The minimum atomic E-state index is -0.249. The van der Waals surface area contributed by atoms with Crippen molar-refractivity contribution in [1.82, 2.24) is 9.88 Å². The van der Waals surface area contributed by atoms with E-state index in [0.717, 1.165) is 19.4 Å². The molecular formula is C13H19N3O2. The largest absolute Gasteiger partial charge is 0.338 e. The molecule has 2 atom stereocenters. The Hall–Kier alpha value is -1.62. The Morgan fingerprint density at radius 3 is 3.06 bits per heavy atom. The normalized spacial score (nSPS) is 21.7. The molecule has 1 aliphatic rings. The van der Waals surface area contributed by atoms with Crippen molar-refractivity contribution in [2.24, 2.45) is 11.7 Å². The molecule has 1 fully saturated rings. The van der Waals surface area contributed by atoms with Crippen LogP contribution in [0.2, 0.25) is 0 Å². The van der Waals surface area contributed by atoms with Gasteiger partial charge in [-0.2, -0.15) is 0 Å². The molecule has 5 heteroatoms. The molecule has 1 aromatic rings. The lowest BCUT2D eigenvalue weighted by atomic mass is 9.92. The third kappa shape index (κ3) is 2.79. The van der Waals surface area contributed by atoms with E-state index in [1.807, 2.05) is 6.92 Å². The van der Waals surface area contributed by atoms with E-state index in [4.69, 9.17) is 5.73 Å². The van der Waals surface area contributed by atoms with E-state index in [1.165, 1.54) is 12.3 Å². The van der Waals surface area contributed by atoms with Gasteiger partial charge in [-0.15, -0.1) is 0 Å². The minimum absolute atomic E-state index is 0.0774. The van der Waals surface area contributed by atoms with Gasteiger partial charge in [-0.3, -0.25) is 9.59 Å². The van der Waals surface area contributed by atoms with Crippen LogP contribution in [0.15, 0.2) is 23.1 Å². The number of amides is 1. The second-order valence-corrected chi connectivity index (χ2v) is 4.95. The molecule has 0 aromatic carbocycles. The van der Waals surface area contributed by atoms with Crippen LogP contribution in [0.25, 0.3) is 0 Å². The summed E-state index contributed by atoms with van der Waals surface area (Å²) in [5, 5.41) is 0. The number of aromatic amines is 1. The number of hydrogen-bond acceptors (Lipinski definition) is 3. The number of nitrogens with zero attached hydrogens (tertiary/aromatic N) is 1. The third-order valence-electron chi connectivity index (χ3n) is 3.51. The number of likely N-dealkylation sites (tertiary alicyclic amines) is 1. The summed E-state index contributed by atoms with van der Waals surface area (Å²) >= 11 is 0. The average Bonchev–Trinajstić information content (AvgIpc) is 2.38. The molecule has 1 aliphatic heterocycles. The average molecular weight is 249 g/mol. The molecule has 0 radical (unpaired) electrons. The van der Waals surface area contributed by atoms with Gasteiger partial charge in [0.15, 0.2) is 0 Å². The molecule has 5 nitrogen and oxygen atoms in total. The summed E-state index contributed by atoms with van der Waals surface area (Å²) in [6, 6.07) is 3.08. The van der Waals surface area contributed by atoms with Crippen LogP contribution in [0.1, 0.15) is 30.1 Å². The van der Waals surface area contributed by atoms with E-state index in [9.17, 15) is 9.59 Å². The summed E-state index contributed by atoms with van der Waals surface area (Å²) in [6.07, 6.45) is 3.54. The minimum Gasteiger partial charge on any atom is -0.338 e. The van der Waals surface area contributed by atoms with Crippen molar-refractivity contribution in [2.45, 2.75) is 25.8 Å². The fourth-order valence-electron chi connectivity index (χ4n) is 2.38. The monoisotopic (exact) mass is 249 g/mol. The maximum Gasteiger partial charge on any atom is 0.254 e. The standard InChI is InChI=1S/C13H19N3O2/c1-9(14)11-3-2-6-16(8-11)13(18)10-4-5-15-12(17)7-10/h4-5,7,9,11H,2-3,6,8,14H2,1H3,(H,15,17). The summed E-state index contributed by atoms with van der Waals surface area (Å²) in [6.45, 7) is 3.41. The molecule has 1 amide bonds. The lowest BCUT2D eigenvalue weighted by molar-refractivity contribution is 0.0660. The van der Waals surface area contributed by atoms with Crippen molar-refractivity contribution in [3.63, 3.8) is 0 Å². The van der Waals surface area contributed by atoms with Gasteiger partial charge in [-0.25, -0.2) is 0 Å². The molecule has 98 valence electrons. The first-order chi connectivity index (χ1) is 8.58. The summed E-state index contributed by atoms with van der Waals surface area (Å²) in [5.74, 6) is 0.274. The number of carbonyl (C=O) groups excluding carboxylic acids is 1. The van der Waals surface area contributed by atoms with Gasteiger partial charge >= 0.3 is 0 Å². The predicted molar refractivity (Wildman–Crippen MR) is 69.3 cm³/mol. The maximum absolute atomic E-state index is 12.3. The zero-order valence-electron chi connectivity index (χ0n) is 10.6. The van der Waals surface area contributed by atoms with Crippen LogP contribution in [0.5, 0.6) is 0 Å². The third-order valence-corrected chi connectivity index (χ3v) is 3.51. The Bertz CT molecular complexity index is 481. The van der Waals surface area contributed by atoms with Crippen molar-refractivity contribution in [1.29, 1.82) is 0 Å². The number of H-pyrrole nitrogens is 1. The zero-order chi connectivity index (χ0) is 13.1. The first kappa shape index (κ1) is 12.8. The smallest absolute Gasteiger partial charge is 0.254 e. The number of hydrogen-bond donors (Lipinski definition) is 2. The lowest BCUT2D eigenvalue weighted by Gasteiger charge is -2.34. The number of carbonyl (C=O) groups is 1. The number of piperidine rings is 1. The molecule has 0 bridgehead atoms. The van der Waals surface area contributed by atoms with Crippen molar-refractivity contribution < 1.29 is 4.79 Å². The molecule has 3 N–H and O–H groups in total. The van der Waals surface area contributed by atoms with Crippen LogP contribution in [0, 0.1) is 5.92 Å². The molecule has 0 aliphatic carbocycles. The van der Waals surface area contributed by atoms with Gasteiger partial charge in [0.2, 0.25) is 5.56 Å². The SMILES string of the molecule is CC(N)C1CCCN(C(=O)c2cc[nH]c(=O)c2)C1. The van der Waals surface area contributed by atoms with Crippen LogP contribution in [0.4, 0.5) is 0 Å². The topological polar surface area (TPSA) is 79.2 Å². The first-order valence-corrected chi connectivity index (χ1v) is 6.31. The molecular weight excluding hydrogens is 230 g/mol. The highest BCUT2D eigenvalue weighted by Gasteiger charge is 2.26.